The molecule has 0 fully saturated rings. The Balaban J connectivity index is 1.70. The van der Waals surface area contributed by atoms with Crippen LogP contribution in [0, 0.1) is 6.92 Å². The van der Waals surface area contributed by atoms with Crippen LogP contribution in [0.5, 0.6) is 11.5 Å². The third-order valence-corrected chi connectivity index (χ3v) is 4.80. The van der Waals surface area contributed by atoms with Gasteiger partial charge in [0.1, 0.15) is 11.5 Å². The molecule has 0 unspecified atom stereocenters. The van der Waals surface area contributed by atoms with Crippen LogP contribution in [0.3, 0.4) is 0 Å². The van der Waals surface area contributed by atoms with Gasteiger partial charge < -0.3 is 9.47 Å². The lowest BCUT2D eigenvalue weighted by Gasteiger charge is -2.15. The van der Waals surface area contributed by atoms with E-state index in [9.17, 15) is 4.79 Å². The Morgan fingerprint density at radius 3 is 2.80 bits per heavy atom. The molecular weight excluding hydrogens is 360 g/mol. The third-order valence-electron chi connectivity index (χ3n) is 3.64. The maximum absolute atomic E-state index is 12.4. The molecule has 0 bridgehead atoms. The van der Waals surface area contributed by atoms with Crippen molar-refractivity contribution >= 4 is 44.2 Å². The summed E-state index contributed by atoms with van der Waals surface area (Å²) in [4.78, 5) is 16.8. The summed E-state index contributed by atoms with van der Waals surface area (Å²) >= 11 is 7.32. The SMILES string of the molecule is COc1ccc2nc(NC(=O)[C@@H](C)Oc3ccc(Cl)cc3C)sc2c1. The maximum atomic E-state index is 12.4. The summed E-state index contributed by atoms with van der Waals surface area (Å²) in [6.45, 7) is 3.58. The Bertz CT molecular complexity index is 926. The third kappa shape index (κ3) is 4.03. The molecule has 5 nitrogen and oxygen atoms in total. The van der Waals surface area contributed by atoms with Crippen molar-refractivity contribution in [2.75, 3.05) is 12.4 Å². The van der Waals surface area contributed by atoms with Crippen LogP contribution < -0.4 is 14.8 Å². The van der Waals surface area contributed by atoms with Gasteiger partial charge in [-0.1, -0.05) is 22.9 Å². The summed E-state index contributed by atoms with van der Waals surface area (Å²) in [6, 6.07) is 10.9. The van der Waals surface area contributed by atoms with E-state index in [1.807, 2.05) is 25.1 Å². The van der Waals surface area contributed by atoms with E-state index in [1.54, 1.807) is 32.2 Å². The Labute approximate surface area is 154 Å². The first-order valence-electron chi connectivity index (χ1n) is 7.64. The molecule has 0 radical (unpaired) electrons. The standard InChI is InChI=1S/C18H17ClN2O3S/c1-10-8-12(19)4-7-15(10)24-11(2)17(22)21-18-20-14-6-5-13(23-3)9-16(14)25-18/h4-9,11H,1-3H3,(H,20,21,22)/t11-/m1/s1. The van der Waals surface area contributed by atoms with Crippen molar-refractivity contribution in [2.24, 2.45) is 0 Å². The van der Waals surface area contributed by atoms with Crippen molar-refractivity contribution in [3.8, 4) is 11.5 Å². The van der Waals surface area contributed by atoms with Crippen LogP contribution in [0.2, 0.25) is 5.02 Å². The van der Waals surface area contributed by atoms with Gasteiger partial charge in [0.2, 0.25) is 0 Å². The molecule has 3 aromatic rings. The minimum atomic E-state index is -0.665. The first kappa shape index (κ1) is 17.5. The van der Waals surface area contributed by atoms with Crippen molar-refractivity contribution in [2.45, 2.75) is 20.0 Å². The van der Waals surface area contributed by atoms with Gasteiger partial charge in [-0.05, 0) is 55.8 Å². The average molecular weight is 377 g/mol. The summed E-state index contributed by atoms with van der Waals surface area (Å²) in [5.41, 5.74) is 1.68. The van der Waals surface area contributed by atoms with Crippen molar-refractivity contribution in [1.29, 1.82) is 0 Å². The molecule has 1 N–H and O–H groups in total. The molecule has 130 valence electrons. The molecule has 0 aliphatic heterocycles. The van der Waals surface area contributed by atoms with Gasteiger partial charge in [-0.2, -0.15) is 0 Å². The van der Waals surface area contributed by atoms with Crippen molar-refractivity contribution in [1.82, 2.24) is 4.98 Å². The lowest BCUT2D eigenvalue weighted by atomic mass is 10.2. The zero-order chi connectivity index (χ0) is 18.0. The Hall–Kier alpha value is -2.31. The zero-order valence-electron chi connectivity index (χ0n) is 14.0. The van der Waals surface area contributed by atoms with Crippen LogP contribution in [0.4, 0.5) is 5.13 Å². The Morgan fingerprint density at radius 1 is 1.28 bits per heavy atom. The summed E-state index contributed by atoms with van der Waals surface area (Å²) in [5.74, 6) is 1.12. The first-order chi connectivity index (χ1) is 12.0. The van der Waals surface area contributed by atoms with Gasteiger partial charge in [0, 0.05) is 5.02 Å². The van der Waals surface area contributed by atoms with Gasteiger partial charge in [0.25, 0.3) is 5.91 Å². The van der Waals surface area contributed by atoms with Crippen molar-refractivity contribution in [3.05, 3.63) is 47.0 Å². The molecule has 1 atom stereocenters. The second kappa shape index (κ2) is 7.29. The highest BCUT2D eigenvalue weighted by Crippen LogP contribution is 2.29. The highest BCUT2D eigenvalue weighted by atomic mass is 35.5. The molecule has 25 heavy (non-hydrogen) atoms. The zero-order valence-corrected chi connectivity index (χ0v) is 15.6. The van der Waals surface area contributed by atoms with Crippen LogP contribution in [0.1, 0.15) is 12.5 Å². The van der Waals surface area contributed by atoms with Crippen molar-refractivity contribution in [3.63, 3.8) is 0 Å². The van der Waals surface area contributed by atoms with E-state index in [4.69, 9.17) is 21.1 Å². The lowest BCUT2D eigenvalue weighted by molar-refractivity contribution is -0.122. The number of fused-ring (bicyclic) bond motifs is 1. The second-order valence-corrected chi connectivity index (χ2v) is 6.98. The van der Waals surface area contributed by atoms with E-state index in [0.717, 1.165) is 21.5 Å². The highest BCUT2D eigenvalue weighted by molar-refractivity contribution is 7.22. The number of aryl methyl sites for hydroxylation is 1. The number of hydrogen-bond acceptors (Lipinski definition) is 5. The minimum absolute atomic E-state index is 0.264. The monoisotopic (exact) mass is 376 g/mol. The van der Waals surface area contributed by atoms with E-state index in [0.29, 0.717) is 15.9 Å². The molecule has 7 heteroatoms. The van der Waals surface area contributed by atoms with Crippen LogP contribution in [-0.2, 0) is 4.79 Å². The van der Waals surface area contributed by atoms with E-state index >= 15 is 0 Å². The molecule has 1 heterocycles. The Morgan fingerprint density at radius 2 is 2.08 bits per heavy atom. The van der Waals surface area contributed by atoms with E-state index in [-0.39, 0.29) is 5.91 Å². The Kier molecular flexibility index (Phi) is 5.11. The van der Waals surface area contributed by atoms with E-state index in [1.165, 1.54) is 11.3 Å². The largest absolute Gasteiger partial charge is 0.497 e. The smallest absolute Gasteiger partial charge is 0.266 e. The van der Waals surface area contributed by atoms with Gasteiger partial charge in [0.15, 0.2) is 11.2 Å². The maximum Gasteiger partial charge on any atom is 0.266 e. The number of halogens is 1. The van der Waals surface area contributed by atoms with Gasteiger partial charge in [-0.15, -0.1) is 0 Å². The second-order valence-electron chi connectivity index (χ2n) is 5.51. The topological polar surface area (TPSA) is 60.5 Å². The summed E-state index contributed by atoms with van der Waals surface area (Å²) in [5, 5.41) is 3.95. The van der Waals surface area contributed by atoms with E-state index < -0.39 is 6.10 Å². The minimum Gasteiger partial charge on any atom is -0.497 e. The fraction of sp³-hybridized carbons (Fsp3) is 0.222. The van der Waals surface area contributed by atoms with Crippen molar-refractivity contribution < 1.29 is 14.3 Å². The molecule has 0 aliphatic carbocycles. The molecule has 1 aromatic heterocycles. The number of thiazole rings is 1. The quantitative estimate of drug-likeness (QED) is 0.702. The number of amides is 1. The number of benzene rings is 2. The normalized spacial score (nSPS) is 12.0. The predicted octanol–water partition coefficient (Wildman–Crippen LogP) is 4.67. The summed E-state index contributed by atoms with van der Waals surface area (Å²) < 4.78 is 11.9. The van der Waals surface area contributed by atoms with Crippen LogP contribution >= 0.6 is 22.9 Å². The number of carbonyl (C=O) groups excluding carboxylic acids is 1. The van der Waals surface area contributed by atoms with Crippen LogP contribution in [0.15, 0.2) is 36.4 Å². The highest BCUT2D eigenvalue weighted by Gasteiger charge is 2.18. The fourth-order valence-corrected chi connectivity index (χ4v) is 3.41. The fourth-order valence-electron chi connectivity index (χ4n) is 2.28. The number of aromatic nitrogens is 1. The summed E-state index contributed by atoms with van der Waals surface area (Å²) in [7, 11) is 1.61. The molecule has 0 saturated heterocycles. The number of anilines is 1. The van der Waals surface area contributed by atoms with Crippen LogP contribution in [0.25, 0.3) is 10.2 Å². The number of nitrogens with zero attached hydrogens (tertiary/aromatic N) is 1. The number of carbonyl (C=O) groups is 1. The molecule has 1 amide bonds. The number of rotatable bonds is 5. The number of nitrogens with one attached hydrogen (secondary N) is 1. The molecule has 0 saturated carbocycles. The van der Waals surface area contributed by atoms with E-state index in [2.05, 4.69) is 10.3 Å². The number of ether oxygens (including phenoxy) is 2. The number of hydrogen-bond donors (Lipinski definition) is 1. The van der Waals surface area contributed by atoms with Gasteiger partial charge in [-0.25, -0.2) is 4.98 Å². The average Bonchev–Trinajstić information content (AvgIpc) is 2.98. The molecule has 3 rings (SSSR count). The molecule has 0 spiro atoms. The first-order valence-corrected chi connectivity index (χ1v) is 8.84. The lowest BCUT2D eigenvalue weighted by Crippen LogP contribution is -2.30. The molecular formula is C18H17ClN2O3S. The summed E-state index contributed by atoms with van der Waals surface area (Å²) in [6.07, 6.45) is -0.665. The van der Waals surface area contributed by atoms with Crippen LogP contribution in [-0.4, -0.2) is 24.1 Å². The molecule has 2 aromatic carbocycles. The molecule has 0 aliphatic rings. The van der Waals surface area contributed by atoms with Gasteiger partial charge >= 0.3 is 0 Å². The van der Waals surface area contributed by atoms with Gasteiger partial charge in [0.05, 0.1) is 17.3 Å². The van der Waals surface area contributed by atoms with Gasteiger partial charge in [-0.3, -0.25) is 10.1 Å². The number of methoxy groups -OCH3 is 1. The predicted molar refractivity (Wildman–Crippen MR) is 101 cm³/mol.